The maximum Gasteiger partial charge on any atom is 0.256 e. The van der Waals surface area contributed by atoms with Crippen molar-refractivity contribution in [1.29, 1.82) is 0 Å². The first-order valence-electron chi connectivity index (χ1n) is 6.01. The van der Waals surface area contributed by atoms with Gasteiger partial charge in [0.25, 0.3) is 11.8 Å². The highest BCUT2D eigenvalue weighted by Crippen LogP contribution is 2.17. The van der Waals surface area contributed by atoms with Gasteiger partial charge in [-0.1, -0.05) is 30.3 Å². The van der Waals surface area contributed by atoms with Gasteiger partial charge in [0.1, 0.15) is 0 Å². The van der Waals surface area contributed by atoms with Gasteiger partial charge in [-0.25, -0.2) is 0 Å². The number of carboxylic acids is 1. The zero-order valence-corrected chi connectivity index (χ0v) is 10.8. The van der Waals surface area contributed by atoms with Crippen LogP contribution in [0.5, 0.6) is 0 Å². The Morgan fingerprint density at radius 2 is 1.38 bits per heavy atom. The minimum absolute atomic E-state index is 0.0585. The Balaban J connectivity index is 2.36. The van der Waals surface area contributed by atoms with Crippen LogP contribution in [0.1, 0.15) is 31.1 Å². The number of para-hydroxylation sites is 1. The lowest BCUT2D eigenvalue weighted by molar-refractivity contribution is -0.255. The zero-order valence-electron chi connectivity index (χ0n) is 10.8. The summed E-state index contributed by atoms with van der Waals surface area (Å²) in [5, 5.41) is 13.5. The minimum atomic E-state index is -1.45. The van der Waals surface area contributed by atoms with Gasteiger partial charge in [-0.15, -0.1) is 0 Å². The van der Waals surface area contributed by atoms with E-state index in [2.05, 4.69) is 5.32 Å². The van der Waals surface area contributed by atoms with Gasteiger partial charge in [-0.2, -0.15) is 0 Å². The molecule has 0 aliphatic carbocycles. The monoisotopic (exact) mass is 283 g/mol. The molecule has 0 fully saturated rings. The van der Waals surface area contributed by atoms with E-state index >= 15 is 0 Å². The lowest BCUT2D eigenvalue weighted by atomic mass is 10.1. The summed E-state index contributed by atoms with van der Waals surface area (Å²) in [6.45, 7) is 0. The van der Waals surface area contributed by atoms with Crippen molar-refractivity contribution in [3.63, 3.8) is 0 Å². The summed E-state index contributed by atoms with van der Waals surface area (Å²) in [6, 6.07) is 11.8. The molecule has 0 saturated heterocycles. The molecular formula is C15H11N2O4-. The Hall–Kier alpha value is -3.15. The van der Waals surface area contributed by atoms with Crippen molar-refractivity contribution in [3.05, 3.63) is 65.2 Å². The average Bonchev–Trinajstić information content (AvgIpc) is 2.47. The van der Waals surface area contributed by atoms with Crippen molar-refractivity contribution in [2.24, 2.45) is 5.73 Å². The lowest BCUT2D eigenvalue weighted by Crippen LogP contribution is -2.27. The van der Waals surface area contributed by atoms with E-state index < -0.39 is 17.8 Å². The molecule has 6 heteroatoms. The van der Waals surface area contributed by atoms with Crippen LogP contribution in [-0.2, 0) is 0 Å². The van der Waals surface area contributed by atoms with E-state index in [9.17, 15) is 19.5 Å². The van der Waals surface area contributed by atoms with Gasteiger partial charge in [-0.05, 0) is 18.2 Å². The first-order chi connectivity index (χ1) is 10.0. The predicted octanol–water partition coefficient (Wildman–Crippen LogP) is 0.401. The van der Waals surface area contributed by atoms with Crippen LogP contribution in [0.15, 0.2) is 48.5 Å². The topological polar surface area (TPSA) is 112 Å². The number of rotatable bonds is 4. The van der Waals surface area contributed by atoms with Crippen molar-refractivity contribution in [2.75, 3.05) is 5.32 Å². The number of aromatic carboxylic acids is 1. The molecule has 0 spiro atoms. The molecule has 2 aromatic rings. The molecule has 2 rings (SSSR count). The Morgan fingerprint density at radius 3 is 1.95 bits per heavy atom. The number of hydrogen-bond donors (Lipinski definition) is 2. The highest BCUT2D eigenvalue weighted by Gasteiger charge is 2.14. The molecule has 0 radical (unpaired) electrons. The Bertz CT molecular complexity index is 725. The number of benzene rings is 2. The zero-order chi connectivity index (χ0) is 15.4. The van der Waals surface area contributed by atoms with E-state index in [1.165, 1.54) is 36.4 Å². The van der Waals surface area contributed by atoms with Crippen LogP contribution in [0, 0.1) is 0 Å². The summed E-state index contributed by atoms with van der Waals surface area (Å²) >= 11 is 0. The molecule has 0 saturated carbocycles. The van der Waals surface area contributed by atoms with Crippen molar-refractivity contribution >= 4 is 23.5 Å². The van der Waals surface area contributed by atoms with Crippen LogP contribution < -0.4 is 16.2 Å². The first kappa shape index (κ1) is 14.3. The number of nitrogens with two attached hydrogens (primary N) is 1. The molecule has 6 nitrogen and oxygen atoms in total. The van der Waals surface area contributed by atoms with E-state index in [-0.39, 0.29) is 22.4 Å². The Labute approximate surface area is 120 Å². The maximum atomic E-state index is 12.2. The second kappa shape index (κ2) is 5.87. The van der Waals surface area contributed by atoms with E-state index in [1.54, 1.807) is 12.1 Å². The summed E-state index contributed by atoms with van der Waals surface area (Å²) in [6.07, 6.45) is 0. The van der Waals surface area contributed by atoms with Crippen LogP contribution in [0.25, 0.3) is 0 Å². The summed E-state index contributed by atoms with van der Waals surface area (Å²) in [4.78, 5) is 34.4. The Morgan fingerprint density at radius 1 is 0.857 bits per heavy atom. The van der Waals surface area contributed by atoms with Crippen molar-refractivity contribution in [1.82, 2.24) is 0 Å². The maximum absolute atomic E-state index is 12.2. The minimum Gasteiger partial charge on any atom is -0.545 e. The van der Waals surface area contributed by atoms with Crippen molar-refractivity contribution in [2.45, 2.75) is 0 Å². The number of carboxylic acid groups (broad SMARTS) is 1. The van der Waals surface area contributed by atoms with Crippen LogP contribution in [0.3, 0.4) is 0 Å². The van der Waals surface area contributed by atoms with Crippen LogP contribution in [0.2, 0.25) is 0 Å². The van der Waals surface area contributed by atoms with Crippen LogP contribution in [-0.4, -0.2) is 17.8 Å². The van der Waals surface area contributed by atoms with E-state index in [1.807, 2.05) is 0 Å². The van der Waals surface area contributed by atoms with Crippen molar-refractivity contribution < 1.29 is 19.5 Å². The van der Waals surface area contributed by atoms with E-state index in [0.29, 0.717) is 0 Å². The fourth-order valence-electron chi connectivity index (χ4n) is 1.86. The molecule has 3 N–H and O–H groups in total. The third kappa shape index (κ3) is 3.06. The van der Waals surface area contributed by atoms with Gasteiger partial charge in [-0.3, -0.25) is 9.59 Å². The fraction of sp³-hybridized carbons (Fsp3) is 0. The summed E-state index contributed by atoms with van der Waals surface area (Å²) in [7, 11) is 0. The van der Waals surface area contributed by atoms with E-state index in [0.717, 1.165) is 0 Å². The number of hydrogen-bond acceptors (Lipinski definition) is 4. The Kier molecular flexibility index (Phi) is 3.99. The highest BCUT2D eigenvalue weighted by molar-refractivity contribution is 6.12. The molecule has 0 unspecified atom stereocenters. The third-order valence-electron chi connectivity index (χ3n) is 2.83. The normalized spacial score (nSPS) is 9.90. The van der Waals surface area contributed by atoms with Crippen LogP contribution in [0.4, 0.5) is 5.69 Å². The summed E-state index contributed by atoms with van der Waals surface area (Å²) in [5.41, 5.74) is 5.27. The molecule has 2 aromatic carbocycles. The predicted molar refractivity (Wildman–Crippen MR) is 73.7 cm³/mol. The van der Waals surface area contributed by atoms with E-state index in [4.69, 9.17) is 5.73 Å². The molecule has 106 valence electrons. The smallest absolute Gasteiger partial charge is 0.256 e. The second-order valence-electron chi connectivity index (χ2n) is 4.20. The van der Waals surface area contributed by atoms with Gasteiger partial charge in [0, 0.05) is 11.1 Å². The molecule has 0 aliphatic heterocycles. The second-order valence-corrected chi connectivity index (χ2v) is 4.20. The standard InChI is InChI=1S/C15H12N2O4/c16-13(18)11-7-3-4-8-12(11)17-14(19)9-5-1-2-6-10(9)15(20)21/h1-8H,(H2,16,18)(H,17,19)(H,20,21)/p-1. The number of anilines is 1. The quantitative estimate of drug-likeness (QED) is 0.845. The average molecular weight is 283 g/mol. The molecule has 0 aliphatic rings. The molecule has 0 bridgehead atoms. The number of nitrogens with one attached hydrogen (secondary N) is 1. The number of carbonyl (C=O) groups is 3. The van der Waals surface area contributed by atoms with Gasteiger partial charge < -0.3 is 21.0 Å². The number of primary amides is 1. The highest BCUT2D eigenvalue weighted by atomic mass is 16.4. The number of carbonyl (C=O) groups excluding carboxylic acids is 3. The molecule has 0 heterocycles. The third-order valence-corrected chi connectivity index (χ3v) is 2.83. The molecule has 0 atom stereocenters. The van der Waals surface area contributed by atoms with Crippen LogP contribution >= 0.6 is 0 Å². The van der Waals surface area contributed by atoms with Gasteiger partial charge in [0.05, 0.1) is 17.2 Å². The van der Waals surface area contributed by atoms with Gasteiger partial charge in [0.2, 0.25) is 0 Å². The molecule has 0 aromatic heterocycles. The largest absolute Gasteiger partial charge is 0.545 e. The molecular weight excluding hydrogens is 272 g/mol. The van der Waals surface area contributed by atoms with Gasteiger partial charge >= 0.3 is 0 Å². The first-order valence-corrected chi connectivity index (χ1v) is 6.01. The summed E-state index contributed by atoms with van der Waals surface area (Å²) in [5.74, 6) is -2.81. The summed E-state index contributed by atoms with van der Waals surface area (Å²) < 4.78 is 0. The van der Waals surface area contributed by atoms with Gasteiger partial charge in [0.15, 0.2) is 0 Å². The fourth-order valence-corrected chi connectivity index (χ4v) is 1.86. The molecule has 21 heavy (non-hydrogen) atoms. The lowest BCUT2D eigenvalue weighted by Gasteiger charge is -2.12. The SMILES string of the molecule is NC(=O)c1ccccc1NC(=O)c1ccccc1C(=O)[O-]. The number of amides is 2. The molecule has 2 amide bonds. The van der Waals surface area contributed by atoms with Crippen molar-refractivity contribution in [3.8, 4) is 0 Å².